The summed E-state index contributed by atoms with van der Waals surface area (Å²) in [7, 11) is 0. The van der Waals surface area contributed by atoms with E-state index in [1.165, 1.54) is 12.1 Å². The second-order valence-corrected chi connectivity index (χ2v) is 3.47. The molecule has 0 bridgehead atoms. The number of benzene rings is 1. The van der Waals surface area contributed by atoms with E-state index in [0.717, 1.165) is 0 Å². The van der Waals surface area contributed by atoms with Crippen LogP contribution in [0.2, 0.25) is 0 Å². The summed E-state index contributed by atoms with van der Waals surface area (Å²) in [4.78, 5) is 26.9. The monoisotopic (exact) mass is 270 g/mol. The molecule has 0 unspecified atom stereocenters. The molecule has 2 amide bonds. The molecule has 0 aliphatic carbocycles. The number of esters is 1. The third kappa shape index (κ3) is 5.82. The van der Waals surface area contributed by atoms with Crippen molar-refractivity contribution in [2.75, 3.05) is 13.2 Å². The van der Waals surface area contributed by atoms with Crippen molar-refractivity contribution in [3.63, 3.8) is 0 Å². The first-order chi connectivity index (χ1) is 9.13. The Morgan fingerprint density at radius 3 is 2.74 bits per heavy atom. The van der Waals surface area contributed by atoms with E-state index in [-0.39, 0.29) is 19.8 Å². The first-order valence-electron chi connectivity index (χ1n) is 5.68. The zero-order valence-corrected chi connectivity index (χ0v) is 10.4. The predicted octanol–water partition coefficient (Wildman–Crippen LogP) is 1.12. The summed E-state index contributed by atoms with van der Waals surface area (Å²) in [5.41, 5.74) is 2.34. The highest BCUT2D eigenvalue weighted by Gasteiger charge is 2.06. The lowest BCUT2D eigenvalue weighted by Gasteiger charge is -2.08. The Balaban J connectivity index is 2.21. The van der Waals surface area contributed by atoms with E-state index in [4.69, 9.17) is 4.84 Å². The number of rotatable bonds is 6. The maximum absolute atomic E-state index is 13.2. The van der Waals surface area contributed by atoms with Crippen molar-refractivity contribution in [3.05, 3.63) is 35.6 Å². The van der Waals surface area contributed by atoms with E-state index in [1.807, 2.05) is 5.48 Å². The highest BCUT2D eigenvalue weighted by atomic mass is 19.1. The molecule has 1 rings (SSSR count). The second-order valence-electron chi connectivity index (χ2n) is 3.47. The van der Waals surface area contributed by atoms with Crippen LogP contribution in [0.1, 0.15) is 12.5 Å². The van der Waals surface area contributed by atoms with Gasteiger partial charge in [0.05, 0.1) is 6.61 Å². The van der Waals surface area contributed by atoms with Gasteiger partial charge < -0.3 is 10.1 Å². The number of hydroxylamine groups is 1. The molecule has 0 fully saturated rings. The van der Waals surface area contributed by atoms with Gasteiger partial charge in [0.15, 0.2) is 0 Å². The summed E-state index contributed by atoms with van der Waals surface area (Å²) in [5.74, 6) is -0.969. The Morgan fingerprint density at radius 1 is 1.32 bits per heavy atom. The maximum Gasteiger partial charge on any atom is 0.339 e. The molecule has 104 valence electrons. The van der Waals surface area contributed by atoms with Crippen molar-refractivity contribution in [2.24, 2.45) is 0 Å². The summed E-state index contributed by atoms with van der Waals surface area (Å²) in [6.45, 7) is 1.53. The third-order valence-electron chi connectivity index (χ3n) is 2.05. The summed E-state index contributed by atoms with van der Waals surface area (Å²) >= 11 is 0. The van der Waals surface area contributed by atoms with Crippen LogP contribution in [0, 0.1) is 5.82 Å². The van der Waals surface area contributed by atoms with Crippen LogP contribution in [-0.2, 0) is 21.0 Å². The van der Waals surface area contributed by atoms with Gasteiger partial charge in [0.2, 0.25) is 0 Å². The summed E-state index contributed by atoms with van der Waals surface area (Å²) in [5, 5.41) is 2.22. The molecular weight excluding hydrogens is 255 g/mol. The Hall–Kier alpha value is -2.15. The molecule has 0 aliphatic heterocycles. The van der Waals surface area contributed by atoms with Crippen molar-refractivity contribution in [1.82, 2.24) is 10.8 Å². The Kier molecular flexibility index (Phi) is 6.31. The van der Waals surface area contributed by atoms with Crippen LogP contribution in [-0.4, -0.2) is 25.2 Å². The third-order valence-corrected chi connectivity index (χ3v) is 2.05. The van der Waals surface area contributed by atoms with Gasteiger partial charge in [0.1, 0.15) is 19.0 Å². The predicted molar refractivity (Wildman–Crippen MR) is 64.4 cm³/mol. The summed E-state index contributed by atoms with van der Waals surface area (Å²) in [6, 6.07) is 5.33. The van der Waals surface area contributed by atoms with Crippen molar-refractivity contribution >= 4 is 12.0 Å². The van der Waals surface area contributed by atoms with Crippen molar-refractivity contribution in [1.29, 1.82) is 0 Å². The van der Waals surface area contributed by atoms with Crippen LogP contribution in [0.3, 0.4) is 0 Å². The number of nitrogens with one attached hydrogen (secondary N) is 2. The largest absolute Gasteiger partial charge is 0.465 e. The van der Waals surface area contributed by atoms with E-state index in [0.29, 0.717) is 5.56 Å². The molecule has 0 saturated carbocycles. The standard InChI is InChI=1S/C12H15FN2O4/c1-2-18-11(16)7-14-12(17)15-19-8-9-5-3-4-6-10(9)13/h3-6H,2,7-8H2,1H3,(H2,14,15,17). The fourth-order valence-corrected chi connectivity index (χ4v) is 1.20. The number of amides is 2. The van der Waals surface area contributed by atoms with Gasteiger partial charge >= 0.3 is 12.0 Å². The molecule has 7 heteroatoms. The topological polar surface area (TPSA) is 76.7 Å². The average Bonchev–Trinajstić information content (AvgIpc) is 2.39. The van der Waals surface area contributed by atoms with Crippen molar-refractivity contribution < 1.29 is 23.6 Å². The molecule has 2 N–H and O–H groups in total. The first-order valence-corrected chi connectivity index (χ1v) is 5.68. The van der Waals surface area contributed by atoms with Crippen LogP contribution >= 0.6 is 0 Å². The van der Waals surface area contributed by atoms with Gasteiger partial charge in [-0.05, 0) is 13.0 Å². The number of hydrogen-bond donors (Lipinski definition) is 2. The molecule has 0 heterocycles. The number of halogens is 1. The molecule has 1 aromatic rings. The molecule has 0 aromatic heterocycles. The molecule has 6 nitrogen and oxygen atoms in total. The van der Waals surface area contributed by atoms with Crippen molar-refractivity contribution in [3.8, 4) is 0 Å². The fraction of sp³-hybridized carbons (Fsp3) is 0.333. The average molecular weight is 270 g/mol. The summed E-state index contributed by atoms with van der Waals surface area (Å²) in [6.07, 6.45) is 0. The molecule has 0 atom stereocenters. The van der Waals surface area contributed by atoms with E-state index >= 15 is 0 Å². The zero-order valence-electron chi connectivity index (χ0n) is 10.4. The lowest BCUT2D eigenvalue weighted by atomic mass is 10.2. The van der Waals surface area contributed by atoms with Gasteiger partial charge in [-0.1, -0.05) is 18.2 Å². The SMILES string of the molecule is CCOC(=O)CNC(=O)NOCc1ccccc1F. The van der Waals surface area contributed by atoms with Gasteiger partial charge in [0, 0.05) is 5.56 Å². The number of urea groups is 1. The first kappa shape index (κ1) is 14.9. The van der Waals surface area contributed by atoms with Crippen LogP contribution in [0.25, 0.3) is 0 Å². The Morgan fingerprint density at radius 2 is 2.05 bits per heavy atom. The minimum atomic E-state index is -0.704. The van der Waals surface area contributed by atoms with E-state index in [2.05, 4.69) is 10.1 Å². The molecule has 0 aliphatic rings. The molecule has 0 spiro atoms. The number of ether oxygens (including phenoxy) is 1. The minimum absolute atomic E-state index is 0.112. The quantitative estimate of drug-likeness (QED) is 0.600. The van der Waals surface area contributed by atoms with Gasteiger partial charge in [-0.3, -0.25) is 9.63 Å². The van der Waals surface area contributed by atoms with E-state index in [9.17, 15) is 14.0 Å². The number of carbonyl (C=O) groups excluding carboxylic acids is 2. The van der Waals surface area contributed by atoms with Crippen molar-refractivity contribution in [2.45, 2.75) is 13.5 Å². The highest BCUT2D eigenvalue weighted by Crippen LogP contribution is 2.06. The van der Waals surface area contributed by atoms with Crippen LogP contribution in [0.5, 0.6) is 0 Å². The molecule has 1 aromatic carbocycles. The smallest absolute Gasteiger partial charge is 0.339 e. The highest BCUT2D eigenvalue weighted by molar-refractivity contribution is 5.80. The normalized spacial score (nSPS) is 9.79. The Labute approximate surface area is 109 Å². The van der Waals surface area contributed by atoms with Gasteiger partial charge in [-0.25, -0.2) is 14.7 Å². The van der Waals surface area contributed by atoms with Gasteiger partial charge in [-0.15, -0.1) is 0 Å². The van der Waals surface area contributed by atoms with E-state index < -0.39 is 17.8 Å². The number of carbonyl (C=O) groups is 2. The van der Waals surface area contributed by atoms with Crippen LogP contribution in [0.15, 0.2) is 24.3 Å². The van der Waals surface area contributed by atoms with Crippen LogP contribution < -0.4 is 10.8 Å². The number of hydrogen-bond acceptors (Lipinski definition) is 4. The van der Waals surface area contributed by atoms with Crippen LogP contribution in [0.4, 0.5) is 9.18 Å². The fourth-order valence-electron chi connectivity index (χ4n) is 1.20. The van der Waals surface area contributed by atoms with Gasteiger partial charge in [0.25, 0.3) is 0 Å². The minimum Gasteiger partial charge on any atom is -0.465 e. The molecular formula is C12H15FN2O4. The lowest BCUT2D eigenvalue weighted by molar-refractivity contribution is -0.141. The second kappa shape index (κ2) is 8.04. The zero-order chi connectivity index (χ0) is 14.1. The lowest BCUT2D eigenvalue weighted by Crippen LogP contribution is -2.38. The Bertz CT molecular complexity index is 439. The van der Waals surface area contributed by atoms with Gasteiger partial charge in [-0.2, -0.15) is 0 Å². The van der Waals surface area contributed by atoms with E-state index in [1.54, 1.807) is 19.1 Å². The molecule has 19 heavy (non-hydrogen) atoms. The summed E-state index contributed by atoms with van der Waals surface area (Å²) < 4.78 is 17.8. The molecule has 0 radical (unpaired) electrons. The molecule has 0 saturated heterocycles. The maximum atomic E-state index is 13.2.